The Morgan fingerprint density at radius 2 is 1.69 bits per heavy atom. The largest absolute Gasteiger partial charge is 1.00 e. The van der Waals surface area contributed by atoms with Gasteiger partial charge in [-0.3, -0.25) is 9.69 Å². The van der Waals surface area contributed by atoms with Gasteiger partial charge in [-0.05, 0) is 38.1 Å². The minimum Gasteiger partial charge on any atom is -0.748 e. The number of amides is 1. The zero-order valence-electron chi connectivity index (χ0n) is 20.0. The fourth-order valence-corrected chi connectivity index (χ4v) is 5.04. The normalized spacial score (nSPS) is 15.1. The minimum atomic E-state index is -4.69. The van der Waals surface area contributed by atoms with Crippen molar-refractivity contribution in [1.29, 1.82) is 0 Å². The van der Waals surface area contributed by atoms with Gasteiger partial charge in [0.2, 0.25) is 11.6 Å². The molecule has 0 saturated heterocycles. The number of fused-ring (bicyclic) bond motifs is 1. The number of hydrogen-bond acceptors (Lipinski definition) is 7. The third-order valence-corrected chi connectivity index (χ3v) is 7.30. The average Bonchev–Trinajstić information content (AvgIpc) is 2.93. The van der Waals surface area contributed by atoms with E-state index in [1.807, 2.05) is 19.9 Å². The minimum absolute atomic E-state index is 0. The Hall–Kier alpha value is -1.22. The Morgan fingerprint density at radius 1 is 1.06 bits per heavy atom. The van der Waals surface area contributed by atoms with E-state index in [9.17, 15) is 30.7 Å². The quantitative estimate of drug-likeness (QED) is 0.247. The van der Waals surface area contributed by atoms with Crippen LogP contribution in [-0.2, 0) is 30.4 Å². The molecular formula is C23H25KN2O7S2. The Balaban J connectivity index is 0.00000432. The van der Waals surface area contributed by atoms with Crippen LogP contribution in [0.25, 0.3) is 0 Å². The summed E-state index contributed by atoms with van der Waals surface area (Å²) >= 11 is 0. The van der Waals surface area contributed by atoms with E-state index in [0.717, 1.165) is 0 Å². The second-order valence-corrected chi connectivity index (χ2v) is 11.4. The number of rotatable bonds is 8. The van der Waals surface area contributed by atoms with Crippen LogP contribution in [0, 0.1) is 0 Å². The van der Waals surface area contributed by atoms with Gasteiger partial charge in [-0.25, -0.2) is 16.8 Å². The van der Waals surface area contributed by atoms with Crippen LogP contribution in [0.15, 0.2) is 65.7 Å². The van der Waals surface area contributed by atoms with Gasteiger partial charge in [-0.2, -0.15) is 4.58 Å². The first-order chi connectivity index (χ1) is 15.7. The van der Waals surface area contributed by atoms with E-state index >= 15 is 0 Å². The summed E-state index contributed by atoms with van der Waals surface area (Å²) in [7, 11) is -9.10. The molecule has 0 aromatic heterocycles. The molecule has 182 valence electrons. The Bertz CT molecular complexity index is 1380. The number of carbonyl (C=O) groups excluding carboxylic acids is 1. The molecule has 0 aliphatic carbocycles. The summed E-state index contributed by atoms with van der Waals surface area (Å²) in [5.41, 5.74) is 1.65. The van der Waals surface area contributed by atoms with Gasteiger partial charge in [0, 0.05) is 48.7 Å². The van der Waals surface area contributed by atoms with Crippen LogP contribution in [0.1, 0.15) is 32.8 Å². The van der Waals surface area contributed by atoms with Crippen LogP contribution in [0.4, 0.5) is 11.4 Å². The molecule has 0 fully saturated rings. The summed E-state index contributed by atoms with van der Waals surface area (Å²) in [4.78, 5) is 13.4. The van der Waals surface area contributed by atoms with Crippen molar-refractivity contribution in [1.82, 2.24) is 0 Å². The zero-order valence-corrected chi connectivity index (χ0v) is 24.7. The first-order valence-electron chi connectivity index (χ1n) is 10.4. The molecule has 0 saturated carbocycles. The zero-order chi connectivity index (χ0) is 25.3. The smallest absolute Gasteiger partial charge is 0.748 e. The molecule has 0 N–H and O–H groups in total. The van der Waals surface area contributed by atoms with Crippen molar-refractivity contribution in [2.75, 3.05) is 17.2 Å². The fourth-order valence-electron chi connectivity index (χ4n) is 4.06. The Morgan fingerprint density at radius 3 is 2.23 bits per heavy atom. The van der Waals surface area contributed by atoms with Gasteiger partial charge < -0.3 is 9.11 Å². The predicted octanol–water partition coefficient (Wildman–Crippen LogP) is -0.527. The van der Waals surface area contributed by atoms with Crippen LogP contribution >= 0.6 is 0 Å². The molecule has 3 rings (SSSR count). The Labute approximate surface area is 248 Å². The molecule has 1 amide bonds. The molecule has 0 atom stereocenters. The second-order valence-electron chi connectivity index (χ2n) is 8.45. The number of benzene rings is 2. The van der Waals surface area contributed by atoms with E-state index in [0.29, 0.717) is 22.6 Å². The predicted molar refractivity (Wildman–Crippen MR) is 125 cm³/mol. The maximum absolute atomic E-state index is 12.3. The molecule has 1 heterocycles. The molecular weight excluding hydrogens is 519 g/mol. The SMILES string of the molecule is CC(=O)N(/C=C/C1=[N+](CCCS(=O)(=O)[O-])c2ccc(S(=O)(=O)[O-])cc2C1(C)C)c1ccccc1.[K+]. The molecule has 1 aliphatic heterocycles. The molecule has 2 aromatic carbocycles. The summed E-state index contributed by atoms with van der Waals surface area (Å²) in [6.45, 7) is 5.24. The molecule has 35 heavy (non-hydrogen) atoms. The average molecular weight is 545 g/mol. The van der Waals surface area contributed by atoms with E-state index < -0.39 is 31.4 Å². The summed E-state index contributed by atoms with van der Waals surface area (Å²) in [6.07, 6.45) is 3.32. The second kappa shape index (κ2) is 11.4. The van der Waals surface area contributed by atoms with Crippen molar-refractivity contribution < 1.29 is 86.7 Å². The maximum atomic E-state index is 12.3. The first-order valence-corrected chi connectivity index (χ1v) is 13.4. The topological polar surface area (TPSA) is 138 Å². The van der Waals surface area contributed by atoms with Gasteiger partial charge in [0.25, 0.3) is 0 Å². The van der Waals surface area contributed by atoms with Crippen molar-refractivity contribution >= 4 is 43.2 Å². The molecule has 0 bridgehead atoms. The van der Waals surface area contributed by atoms with Crippen molar-refractivity contribution in [3.05, 3.63) is 66.4 Å². The van der Waals surface area contributed by atoms with Gasteiger partial charge >= 0.3 is 51.4 Å². The summed E-state index contributed by atoms with van der Waals surface area (Å²) < 4.78 is 69.9. The number of hydrogen-bond donors (Lipinski definition) is 0. The summed E-state index contributed by atoms with van der Waals surface area (Å²) in [5.74, 6) is -0.799. The molecule has 9 nitrogen and oxygen atoms in total. The molecule has 12 heteroatoms. The van der Waals surface area contributed by atoms with Crippen molar-refractivity contribution in [3.63, 3.8) is 0 Å². The molecule has 2 aromatic rings. The van der Waals surface area contributed by atoms with Gasteiger partial charge in [0.1, 0.15) is 16.7 Å². The van der Waals surface area contributed by atoms with Crippen molar-refractivity contribution in [3.8, 4) is 0 Å². The number of para-hydroxylation sites is 1. The van der Waals surface area contributed by atoms with Crippen LogP contribution in [0.5, 0.6) is 0 Å². The first kappa shape index (κ1) is 30.0. The van der Waals surface area contributed by atoms with Crippen LogP contribution < -0.4 is 56.3 Å². The van der Waals surface area contributed by atoms with E-state index in [1.54, 1.807) is 41.1 Å². The van der Waals surface area contributed by atoms with Gasteiger partial charge in [0.15, 0.2) is 5.71 Å². The summed E-state index contributed by atoms with van der Waals surface area (Å²) in [6, 6.07) is 13.0. The van der Waals surface area contributed by atoms with Crippen molar-refractivity contribution in [2.45, 2.75) is 37.5 Å². The number of carbonyl (C=O) groups is 1. The van der Waals surface area contributed by atoms with Crippen LogP contribution in [0.3, 0.4) is 0 Å². The number of nitrogens with zero attached hydrogens (tertiary/aromatic N) is 2. The Kier molecular flexibility index (Phi) is 9.81. The van der Waals surface area contributed by atoms with E-state index in [2.05, 4.69) is 0 Å². The number of anilines is 1. The fraction of sp³-hybridized carbons (Fsp3) is 0.304. The van der Waals surface area contributed by atoms with Crippen LogP contribution in [0.2, 0.25) is 0 Å². The van der Waals surface area contributed by atoms with Gasteiger partial charge in [0.05, 0.1) is 20.4 Å². The molecule has 0 radical (unpaired) electrons. The van der Waals surface area contributed by atoms with Crippen molar-refractivity contribution in [2.24, 2.45) is 0 Å². The molecule has 0 unspecified atom stereocenters. The molecule has 1 aliphatic rings. The summed E-state index contributed by atoms with van der Waals surface area (Å²) in [5, 5.41) is 0. The van der Waals surface area contributed by atoms with E-state index in [-0.39, 0.29) is 75.2 Å². The monoisotopic (exact) mass is 544 g/mol. The molecule has 0 spiro atoms. The number of allylic oxidation sites excluding steroid dienone is 1. The standard InChI is InChI=1S/C23H26N2O7S2.K/c1-17(26)24(18-8-5-4-6-9-18)14-12-22-23(2,3)20-16-19(34(30,31)32)10-11-21(20)25(22)13-7-15-33(27,28)29;/h4-6,8-12,14,16H,7,13,15H2,1-3H3,(H-,27,28,29,30,31,32);/q;+1/p-1. The van der Waals surface area contributed by atoms with E-state index in [4.69, 9.17) is 0 Å². The van der Waals surface area contributed by atoms with Gasteiger partial charge in [-0.15, -0.1) is 0 Å². The maximum Gasteiger partial charge on any atom is 1.00 e. The third-order valence-electron chi connectivity index (χ3n) is 5.68. The third kappa shape index (κ3) is 7.18. The van der Waals surface area contributed by atoms with E-state index in [1.165, 1.54) is 30.0 Å². The van der Waals surface area contributed by atoms with Crippen LogP contribution in [-0.4, -0.2) is 54.4 Å². The van der Waals surface area contributed by atoms with Gasteiger partial charge in [-0.1, -0.05) is 18.2 Å².